The Labute approximate surface area is 80.1 Å². The highest BCUT2D eigenvalue weighted by Gasteiger charge is 2.31. The molecular weight excluding hydrogens is 184 g/mol. The Balaban J connectivity index is 2.23. The number of esters is 1. The first-order chi connectivity index (χ1) is 6.83. The lowest BCUT2D eigenvalue weighted by atomic mass is 10.1. The number of amidine groups is 1. The van der Waals surface area contributed by atoms with Crippen LogP contribution >= 0.6 is 0 Å². The summed E-state index contributed by atoms with van der Waals surface area (Å²) in [6.45, 7) is 2.06. The third-order valence-electron chi connectivity index (χ3n) is 1.78. The van der Waals surface area contributed by atoms with Crippen molar-refractivity contribution in [2.75, 3.05) is 6.61 Å². The quantitative estimate of drug-likeness (QED) is 0.570. The van der Waals surface area contributed by atoms with Crippen LogP contribution in [0, 0.1) is 0 Å². The zero-order valence-corrected chi connectivity index (χ0v) is 7.54. The summed E-state index contributed by atoms with van der Waals surface area (Å²) >= 11 is 0. The van der Waals surface area contributed by atoms with E-state index in [0.29, 0.717) is 12.4 Å². The van der Waals surface area contributed by atoms with Gasteiger partial charge in [-0.05, 0) is 6.92 Å². The zero-order valence-electron chi connectivity index (χ0n) is 7.54. The van der Waals surface area contributed by atoms with E-state index in [2.05, 4.69) is 20.0 Å². The molecule has 0 saturated heterocycles. The number of hydrogen-bond acceptors (Lipinski definition) is 6. The summed E-state index contributed by atoms with van der Waals surface area (Å²) < 4.78 is 4.83. The first-order valence-electron chi connectivity index (χ1n) is 4.19. The molecule has 2 aliphatic rings. The molecule has 72 valence electrons. The van der Waals surface area contributed by atoms with Gasteiger partial charge in [0.1, 0.15) is 12.7 Å². The van der Waals surface area contributed by atoms with Crippen molar-refractivity contribution in [3.63, 3.8) is 0 Å². The van der Waals surface area contributed by atoms with Gasteiger partial charge in [-0.3, -0.25) is 4.99 Å². The number of ether oxygens (including phenoxy) is 1. The maximum atomic E-state index is 11.4. The Hall–Kier alpha value is -1.85. The maximum Gasteiger partial charge on any atom is 0.355 e. The molecule has 2 aliphatic heterocycles. The normalized spacial score (nSPS) is 22.8. The van der Waals surface area contributed by atoms with E-state index in [1.165, 1.54) is 12.7 Å². The van der Waals surface area contributed by atoms with Crippen LogP contribution in [0.1, 0.15) is 6.92 Å². The van der Waals surface area contributed by atoms with Crippen molar-refractivity contribution in [2.45, 2.75) is 13.0 Å². The third kappa shape index (κ3) is 1.34. The van der Waals surface area contributed by atoms with E-state index in [1.807, 2.05) is 0 Å². The minimum atomic E-state index is -0.473. The van der Waals surface area contributed by atoms with Crippen molar-refractivity contribution in [1.29, 1.82) is 0 Å². The van der Waals surface area contributed by atoms with Crippen LogP contribution in [0.3, 0.4) is 0 Å². The Morgan fingerprint density at radius 3 is 3.14 bits per heavy atom. The Morgan fingerprint density at radius 2 is 2.36 bits per heavy atom. The van der Waals surface area contributed by atoms with Crippen molar-refractivity contribution in [2.24, 2.45) is 20.0 Å². The SMILES string of the molecule is CCOC(=O)C1=NC=NC2=NC=NC21. The second kappa shape index (κ2) is 3.49. The lowest BCUT2D eigenvalue weighted by Crippen LogP contribution is -2.35. The van der Waals surface area contributed by atoms with Gasteiger partial charge in [-0.15, -0.1) is 0 Å². The first-order valence-corrected chi connectivity index (χ1v) is 4.19. The fraction of sp³-hybridized carbons (Fsp3) is 0.375. The molecule has 0 aromatic heterocycles. The number of rotatable bonds is 2. The molecule has 6 heteroatoms. The van der Waals surface area contributed by atoms with E-state index < -0.39 is 12.0 Å². The van der Waals surface area contributed by atoms with Crippen LogP contribution in [0.5, 0.6) is 0 Å². The van der Waals surface area contributed by atoms with Gasteiger partial charge >= 0.3 is 5.97 Å². The fourth-order valence-corrected chi connectivity index (χ4v) is 1.18. The number of fused-ring (bicyclic) bond motifs is 1. The Kier molecular flexibility index (Phi) is 2.18. The van der Waals surface area contributed by atoms with Gasteiger partial charge in [0.2, 0.25) is 0 Å². The Bertz CT molecular complexity index is 381. The fourth-order valence-electron chi connectivity index (χ4n) is 1.18. The average molecular weight is 192 g/mol. The zero-order chi connectivity index (χ0) is 9.97. The summed E-state index contributed by atoms with van der Waals surface area (Å²) in [4.78, 5) is 27.0. The molecule has 0 aliphatic carbocycles. The summed E-state index contributed by atoms with van der Waals surface area (Å²) in [6.07, 6.45) is 2.66. The van der Waals surface area contributed by atoms with E-state index in [0.717, 1.165) is 0 Å². The van der Waals surface area contributed by atoms with Crippen LogP contribution in [0.15, 0.2) is 20.0 Å². The molecule has 0 radical (unpaired) electrons. The van der Waals surface area contributed by atoms with Crippen molar-refractivity contribution in [3.05, 3.63) is 0 Å². The molecule has 2 rings (SSSR count). The molecule has 0 bridgehead atoms. The summed E-state index contributed by atoms with van der Waals surface area (Å²) in [7, 11) is 0. The molecule has 2 heterocycles. The van der Waals surface area contributed by atoms with Crippen molar-refractivity contribution < 1.29 is 9.53 Å². The van der Waals surface area contributed by atoms with Crippen molar-refractivity contribution in [3.8, 4) is 0 Å². The molecule has 0 fully saturated rings. The molecule has 1 unspecified atom stereocenters. The van der Waals surface area contributed by atoms with E-state index in [1.54, 1.807) is 6.92 Å². The summed E-state index contributed by atoms with van der Waals surface area (Å²) in [5.41, 5.74) is 0.245. The lowest BCUT2D eigenvalue weighted by molar-refractivity contribution is -0.135. The monoisotopic (exact) mass is 192 g/mol. The minimum absolute atomic E-state index is 0.245. The minimum Gasteiger partial charge on any atom is -0.461 e. The topological polar surface area (TPSA) is 75.7 Å². The average Bonchev–Trinajstić information content (AvgIpc) is 2.65. The van der Waals surface area contributed by atoms with Crippen LogP contribution in [-0.2, 0) is 9.53 Å². The Morgan fingerprint density at radius 1 is 1.50 bits per heavy atom. The summed E-state index contributed by atoms with van der Waals surface area (Å²) in [5, 5.41) is 0. The van der Waals surface area contributed by atoms with Crippen LogP contribution < -0.4 is 0 Å². The molecule has 0 saturated carbocycles. The van der Waals surface area contributed by atoms with Gasteiger partial charge in [0.05, 0.1) is 6.61 Å². The molecular formula is C8H8N4O2. The van der Waals surface area contributed by atoms with Crippen LogP contribution in [0.25, 0.3) is 0 Å². The van der Waals surface area contributed by atoms with Crippen LogP contribution in [-0.4, -0.2) is 42.8 Å². The predicted octanol–water partition coefficient (Wildman–Crippen LogP) is -0.159. The number of carbonyl (C=O) groups excluding carboxylic acids is 1. The largest absolute Gasteiger partial charge is 0.461 e. The van der Waals surface area contributed by atoms with Crippen molar-refractivity contribution >= 4 is 30.2 Å². The number of hydrogen-bond donors (Lipinski definition) is 0. The van der Waals surface area contributed by atoms with Gasteiger partial charge < -0.3 is 4.74 Å². The second-order valence-electron chi connectivity index (χ2n) is 2.63. The number of aliphatic imine (C=N–C) groups is 4. The van der Waals surface area contributed by atoms with Crippen LogP contribution in [0.2, 0.25) is 0 Å². The summed E-state index contributed by atoms with van der Waals surface area (Å²) in [5.74, 6) is 0.0263. The predicted molar refractivity (Wildman–Crippen MR) is 52.3 cm³/mol. The smallest absolute Gasteiger partial charge is 0.355 e. The van der Waals surface area contributed by atoms with Gasteiger partial charge in [0.25, 0.3) is 0 Å². The van der Waals surface area contributed by atoms with Gasteiger partial charge in [-0.2, -0.15) is 0 Å². The standard InChI is InChI=1S/C8H8N4O2/c1-2-14-8(13)6-5-7(11-3-9-5)12-4-10-6/h3-5H,2H2,1H3. The van der Waals surface area contributed by atoms with E-state index in [-0.39, 0.29) is 5.71 Å². The van der Waals surface area contributed by atoms with E-state index in [9.17, 15) is 4.79 Å². The van der Waals surface area contributed by atoms with Gasteiger partial charge in [0, 0.05) is 0 Å². The molecule has 14 heavy (non-hydrogen) atoms. The van der Waals surface area contributed by atoms with Gasteiger partial charge in [-0.1, -0.05) is 0 Å². The van der Waals surface area contributed by atoms with Gasteiger partial charge in [0.15, 0.2) is 17.6 Å². The molecule has 1 atom stereocenters. The highest BCUT2D eigenvalue weighted by molar-refractivity contribution is 6.46. The lowest BCUT2D eigenvalue weighted by Gasteiger charge is -2.12. The molecule has 0 aromatic rings. The highest BCUT2D eigenvalue weighted by atomic mass is 16.5. The maximum absolute atomic E-state index is 11.4. The number of carbonyl (C=O) groups is 1. The number of nitrogens with zero attached hydrogens (tertiary/aromatic N) is 4. The van der Waals surface area contributed by atoms with Crippen molar-refractivity contribution in [1.82, 2.24) is 0 Å². The van der Waals surface area contributed by atoms with Gasteiger partial charge in [-0.25, -0.2) is 19.8 Å². The highest BCUT2D eigenvalue weighted by Crippen LogP contribution is 2.10. The second-order valence-corrected chi connectivity index (χ2v) is 2.63. The molecule has 0 amide bonds. The molecule has 0 spiro atoms. The van der Waals surface area contributed by atoms with E-state index >= 15 is 0 Å². The first kappa shape index (κ1) is 8.74. The summed E-state index contributed by atoms with van der Waals surface area (Å²) in [6, 6.07) is -0.473. The third-order valence-corrected chi connectivity index (χ3v) is 1.78. The molecule has 0 N–H and O–H groups in total. The molecule has 0 aromatic carbocycles. The van der Waals surface area contributed by atoms with Crippen LogP contribution in [0.4, 0.5) is 0 Å². The van der Waals surface area contributed by atoms with E-state index in [4.69, 9.17) is 4.74 Å². The molecule has 6 nitrogen and oxygen atoms in total.